The van der Waals surface area contributed by atoms with Crippen molar-refractivity contribution in [3.63, 3.8) is 0 Å². The Morgan fingerprint density at radius 3 is 2.23 bits per heavy atom. The fourth-order valence-electron chi connectivity index (χ4n) is 3.43. The van der Waals surface area contributed by atoms with E-state index in [1.807, 2.05) is 12.1 Å². The van der Waals surface area contributed by atoms with Gasteiger partial charge in [0.25, 0.3) is 11.8 Å². The van der Waals surface area contributed by atoms with Crippen molar-refractivity contribution < 1.29 is 19.1 Å². The molecule has 2 aromatic rings. The van der Waals surface area contributed by atoms with Crippen LogP contribution < -0.4 is 20.9 Å². The van der Waals surface area contributed by atoms with Crippen molar-refractivity contribution in [2.75, 3.05) is 12.4 Å². The van der Waals surface area contributed by atoms with Gasteiger partial charge in [0.15, 0.2) is 0 Å². The summed E-state index contributed by atoms with van der Waals surface area (Å²) in [6, 6.07) is 13.8. The van der Waals surface area contributed by atoms with Crippen LogP contribution in [0.15, 0.2) is 54.6 Å². The summed E-state index contributed by atoms with van der Waals surface area (Å²) in [5.74, 6) is -0.0731. The zero-order chi connectivity index (χ0) is 22.1. The molecule has 0 spiro atoms. The first-order valence-corrected chi connectivity index (χ1v) is 10.4. The van der Waals surface area contributed by atoms with E-state index in [9.17, 15) is 14.4 Å². The first-order valence-electron chi connectivity index (χ1n) is 10.4. The number of hydrogen-bond acceptors (Lipinski definition) is 4. The predicted octanol–water partition coefficient (Wildman–Crippen LogP) is 3.69. The number of rotatable bonds is 6. The monoisotopic (exact) mass is 421 g/mol. The quantitative estimate of drug-likeness (QED) is 0.490. The molecule has 1 saturated carbocycles. The van der Waals surface area contributed by atoms with Gasteiger partial charge < -0.3 is 10.1 Å². The van der Waals surface area contributed by atoms with Crippen LogP contribution in [-0.2, 0) is 9.59 Å². The summed E-state index contributed by atoms with van der Waals surface area (Å²) in [6.07, 6.45) is 8.20. The zero-order valence-corrected chi connectivity index (χ0v) is 17.5. The molecule has 0 unspecified atom stereocenters. The minimum Gasteiger partial charge on any atom is -0.497 e. The highest BCUT2D eigenvalue weighted by Crippen LogP contribution is 2.25. The number of ether oxygens (including phenoxy) is 1. The highest BCUT2D eigenvalue weighted by Gasteiger charge is 2.21. The highest BCUT2D eigenvalue weighted by molar-refractivity contribution is 5.98. The fourth-order valence-corrected chi connectivity index (χ4v) is 3.43. The summed E-state index contributed by atoms with van der Waals surface area (Å²) in [5, 5.41) is 2.91. The average Bonchev–Trinajstić information content (AvgIpc) is 2.82. The standard InChI is InChI=1S/C24H27N3O4/c1-31-21-14-7-17(8-15-21)9-16-22(28)26-27-24(30)19-10-12-20(13-11-19)25-23(29)18-5-3-2-4-6-18/h7-16,18H,2-6H2,1H3,(H,25,29)(H,26,28)(H,27,30)/b16-9+. The predicted molar refractivity (Wildman–Crippen MR) is 119 cm³/mol. The van der Waals surface area contributed by atoms with Gasteiger partial charge in [-0.15, -0.1) is 0 Å². The van der Waals surface area contributed by atoms with Crippen LogP contribution in [0.5, 0.6) is 5.75 Å². The Morgan fingerprint density at radius 1 is 0.903 bits per heavy atom. The normalized spacial score (nSPS) is 14.1. The molecule has 3 N–H and O–H groups in total. The van der Waals surface area contributed by atoms with E-state index in [4.69, 9.17) is 4.74 Å². The molecular weight excluding hydrogens is 394 g/mol. The van der Waals surface area contributed by atoms with Gasteiger partial charge in [-0.25, -0.2) is 0 Å². The Hall–Kier alpha value is -3.61. The van der Waals surface area contributed by atoms with Crippen molar-refractivity contribution in [2.24, 2.45) is 5.92 Å². The maximum atomic E-state index is 12.3. The van der Waals surface area contributed by atoms with Crippen molar-refractivity contribution in [3.8, 4) is 5.75 Å². The molecule has 0 heterocycles. The molecule has 162 valence electrons. The second-order valence-electron chi connectivity index (χ2n) is 7.45. The largest absolute Gasteiger partial charge is 0.497 e. The Bertz CT molecular complexity index is 930. The van der Waals surface area contributed by atoms with E-state index >= 15 is 0 Å². The number of carbonyl (C=O) groups excluding carboxylic acids is 3. The first kappa shape index (κ1) is 22.1. The van der Waals surface area contributed by atoms with Crippen LogP contribution in [0.2, 0.25) is 0 Å². The molecule has 0 aromatic heterocycles. The third-order valence-corrected chi connectivity index (χ3v) is 5.23. The third kappa shape index (κ3) is 6.70. The van der Waals surface area contributed by atoms with E-state index in [1.54, 1.807) is 49.6 Å². The molecule has 7 nitrogen and oxygen atoms in total. The highest BCUT2D eigenvalue weighted by atomic mass is 16.5. The minimum atomic E-state index is -0.458. The summed E-state index contributed by atoms with van der Waals surface area (Å²) >= 11 is 0. The van der Waals surface area contributed by atoms with Crippen LogP contribution >= 0.6 is 0 Å². The lowest BCUT2D eigenvalue weighted by atomic mass is 9.88. The van der Waals surface area contributed by atoms with Gasteiger partial charge in [0.2, 0.25) is 5.91 Å². The lowest BCUT2D eigenvalue weighted by molar-refractivity contribution is -0.120. The molecule has 3 rings (SSSR count). The van der Waals surface area contributed by atoms with Gasteiger partial charge in [0.05, 0.1) is 7.11 Å². The second kappa shape index (κ2) is 11.0. The van der Waals surface area contributed by atoms with Gasteiger partial charge in [-0.2, -0.15) is 0 Å². The number of nitrogens with one attached hydrogen (secondary N) is 3. The van der Waals surface area contributed by atoms with Gasteiger partial charge in [-0.1, -0.05) is 31.4 Å². The lowest BCUT2D eigenvalue weighted by Crippen LogP contribution is -2.40. The lowest BCUT2D eigenvalue weighted by Gasteiger charge is -2.20. The number of methoxy groups -OCH3 is 1. The van der Waals surface area contributed by atoms with Crippen LogP contribution in [0.3, 0.4) is 0 Å². The van der Waals surface area contributed by atoms with Crippen molar-refractivity contribution in [1.29, 1.82) is 0 Å². The van der Waals surface area contributed by atoms with Crippen LogP contribution in [0.4, 0.5) is 5.69 Å². The number of anilines is 1. The van der Waals surface area contributed by atoms with E-state index in [1.165, 1.54) is 12.5 Å². The molecule has 3 amide bonds. The SMILES string of the molecule is COc1ccc(/C=C/C(=O)NNC(=O)c2ccc(NC(=O)C3CCCCC3)cc2)cc1. The number of benzene rings is 2. The molecule has 0 radical (unpaired) electrons. The van der Waals surface area contributed by atoms with E-state index in [2.05, 4.69) is 16.2 Å². The van der Waals surface area contributed by atoms with Gasteiger partial charge in [-0.3, -0.25) is 25.2 Å². The molecule has 0 bridgehead atoms. The Morgan fingerprint density at radius 2 is 1.58 bits per heavy atom. The smallest absolute Gasteiger partial charge is 0.269 e. The number of hydrazine groups is 1. The van der Waals surface area contributed by atoms with Gasteiger partial charge in [0, 0.05) is 23.2 Å². The molecule has 31 heavy (non-hydrogen) atoms. The van der Waals surface area contributed by atoms with Gasteiger partial charge in [0.1, 0.15) is 5.75 Å². The Balaban J connectivity index is 1.45. The zero-order valence-electron chi connectivity index (χ0n) is 17.5. The molecule has 0 atom stereocenters. The maximum Gasteiger partial charge on any atom is 0.269 e. The fraction of sp³-hybridized carbons (Fsp3) is 0.292. The molecule has 1 aliphatic rings. The summed E-state index contributed by atoms with van der Waals surface area (Å²) in [4.78, 5) is 36.4. The molecular formula is C24H27N3O4. The summed E-state index contributed by atoms with van der Waals surface area (Å²) in [6.45, 7) is 0. The second-order valence-corrected chi connectivity index (χ2v) is 7.45. The van der Waals surface area contributed by atoms with Crippen molar-refractivity contribution >= 4 is 29.5 Å². The Kier molecular flexibility index (Phi) is 7.81. The van der Waals surface area contributed by atoms with E-state index in [0.29, 0.717) is 11.3 Å². The van der Waals surface area contributed by atoms with Crippen LogP contribution in [0.1, 0.15) is 48.0 Å². The molecule has 2 aromatic carbocycles. The van der Waals surface area contributed by atoms with E-state index in [0.717, 1.165) is 37.0 Å². The summed E-state index contributed by atoms with van der Waals surface area (Å²) in [7, 11) is 1.59. The van der Waals surface area contributed by atoms with Crippen LogP contribution in [-0.4, -0.2) is 24.8 Å². The minimum absolute atomic E-state index is 0.0350. The van der Waals surface area contributed by atoms with Crippen molar-refractivity contribution in [2.45, 2.75) is 32.1 Å². The first-order chi connectivity index (χ1) is 15.0. The van der Waals surface area contributed by atoms with Crippen molar-refractivity contribution in [3.05, 3.63) is 65.7 Å². The Labute approximate surface area is 181 Å². The topological polar surface area (TPSA) is 96.5 Å². The van der Waals surface area contributed by atoms with Gasteiger partial charge >= 0.3 is 0 Å². The number of amides is 3. The van der Waals surface area contributed by atoms with E-state index < -0.39 is 11.8 Å². The third-order valence-electron chi connectivity index (χ3n) is 5.23. The molecule has 0 saturated heterocycles. The average molecular weight is 421 g/mol. The van der Waals surface area contributed by atoms with Crippen molar-refractivity contribution in [1.82, 2.24) is 10.9 Å². The molecule has 1 aliphatic carbocycles. The molecule has 7 heteroatoms. The molecule has 0 aliphatic heterocycles. The van der Waals surface area contributed by atoms with E-state index in [-0.39, 0.29) is 11.8 Å². The number of carbonyl (C=O) groups is 3. The number of hydrogen-bond donors (Lipinski definition) is 3. The van der Waals surface area contributed by atoms with Crippen LogP contribution in [0, 0.1) is 5.92 Å². The molecule has 1 fully saturated rings. The van der Waals surface area contributed by atoms with Gasteiger partial charge in [-0.05, 0) is 60.9 Å². The maximum absolute atomic E-state index is 12.3. The summed E-state index contributed by atoms with van der Waals surface area (Å²) < 4.78 is 5.08. The summed E-state index contributed by atoms with van der Waals surface area (Å²) in [5.41, 5.74) is 6.56. The van der Waals surface area contributed by atoms with Crippen LogP contribution in [0.25, 0.3) is 6.08 Å².